The van der Waals surface area contributed by atoms with Crippen molar-refractivity contribution in [2.24, 2.45) is 5.73 Å². The van der Waals surface area contributed by atoms with Crippen LogP contribution in [0.1, 0.15) is 40.1 Å². The van der Waals surface area contributed by atoms with Crippen LogP contribution in [0.2, 0.25) is 0 Å². The number of aromatic nitrogens is 5. The first kappa shape index (κ1) is 27.2. The van der Waals surface area contributed by atoms with Gasteiger partial charge in [0.15, 0.2) is 0 Å². The van der Waals surface area contributed by atoms with E-state index in [0.717, 1.165) is 10.7 Å². The van der Waals surface area contributed by atoms with Gasteiger partial charge in [0.1, 0.15) is 27.6 Å². The molecule has 0 aliphatic rings. The summed E-state index contributed by atoms with van der Waals surface area (Å²) in [7, 11) is 0. The number of rotatable bonds is 9. The van der Waals surface area contributed by atoms with Gasteiger partial charge in [0.2, 0.25) is 5.91 Å². The van der Waals surface area contributed by atoms with Crippen molar-refractivity contribution >= 4 is 50.6 Å². The maximum Gasteiger partial charge on any atom is 0.468 e. The van der Waals surface area contributed by atoms with E-state index in [4.69, 9.17) is 5.73 Å². The zero-order valence-electron chi connectivity index (χ0n) is 20.5. The highest BCUT2D eigenvalue weighted by atomic mass is 32.1. The van der Waals surface area contributed by atoms with Gasteiger partial charge in [-0.1, -0.05) is 0 Å². The minimum Gasteiger partial charge on any atom is -0.365 e. The van der Waals surface area contributed by atoms with Gasteiger partial charge in [0.05, 0.1) is 21.4 Å². The molecule has 0 aromatic carbocycles. The number of amides is 2. The number of carbonyl (C=O) groups is 2. The molecule has 4 aromatic rings. The summed E-state index contributed by atoms with van der Waals surface area (Å²) in [5, 5.41) is 33.0. The molecule has 4 heterocycles. The van der Waals surface area contributed by atoms with E-state index in [0.29, 0.717) is 29.1 Å². The van der Waals surface area contributed by atoms with Crippen LogP contribution in [0, 0.1) is 34.1 Å². The van der Waals surface area contributed by atoms with Crippen molar-refractivity contribution in [2.45, 2.75) is 40.3 Å². The van der Waals surface area contributed by atoms with E-state index in [1.54, 1.807) is 17.8 Å². The van der Waals surface area contributed by atoms with E-state index in [2.05, 4.69) is 20.5 Å². The lowest BCUT2D eigenvalue weighted by Gasteiger charge is -2.10. The minimum atomic E-state index is -2.94. The second-order valence-corrected chi connectivity index (χ2v) is 9.21. The molecular formula is C21H19F2N9O6S. The van der Waals surface area contributed by atoms with Gasteiger partial charge in [-0.15, -0.1) is 11.3 Å². The number of thiophene rings is 1. The molecule has 0 saturated carbocycles. The lowest BCUT2D eigenvalue weighted by atomic mass is 10.0. The van der Waals surface area contributed by atoms with Gasteiger partial charge in [-0.25, -0.2) is 13.8 Å². The highest BCUT2D eigenvalue weighted by Gasteiger charge is 2.36. The quantitative estimate of drug-likeness (QED) is 0.225. The number of primary amides is 1. The molecule has 2 amide bonds. The van der Waals surface area contributed by atoms with Crippen molar-refractivity contribution in [1.82, 2.24) is 24.5 Å². The van der Waals surface area contributed by atoms with Crippen LogP contribution in [0.25, 0.3) is 21.3 Å². The summed E-state index contributed by atoms with van der Waals surface area (Å²) in [6.45, 7) is 4.45. The lowest BCUT2D eigenvalue weighted by Crippen LogP contribution is -2.22. The fourth-order valence-electron chi connectivity index (χ4n) is 4.01. The van der Waals surface area contributed by atoms with Crippen molar-refractivity contribution < 1.29 is 28.2 Å². The Morgan fingerprint density at radius 3 is 2.38 bits per heavy atom. The Kier molecular flexibility index (Phi) is 7.05. The van der Waals surface area contributed by atoms with Crippen molar-refractivity contribution in [3.8, 4) is 11.1 Å². The molecule has 0 radical (unpaired) electrons. The number of halogens is 2. The van der Waals surface area contributed by atoms with Crippen molar-refractivity contribution in [3.63, 3.8) is 0 Å². The predicted molar refractivity (Wildman–Crippen MR) is 134 cm³/mol. The fraction of sp³-hybridized carbons (Fsp3) is 0.286. The molecule has 0 spiro atoms. The predicted octanol–water partition coefficient (Wildman–Crippen LogP) is 3.48. The molecule has 204 valence electrons. The average Bonchev–Trinajstić information content (AvgIpc) is 3.52. The monoisotopic (exact) mass is 563 g/mol. The van der Waals surface area contributed by atoms with Gasteiger partial charge in [0.25, 0.3) is 12.3 Å². The van der Waals surface area contributed by atoms with Crippen LogP contribution in [0.3, 0.4) is 0 Å². The molecule has 0 atom stereocenters. The van der Waals surface area contributed by atoms with E-state index >= 15 is 0 Å². The molecule has 0 saturated heterocycles. The number of nitrogens with two attached hydrogens (primary N) is 1. The topological polar surface area (TPSA) is 207 Å². The molecule has 0 unspecified atom stereocenters. The van der Waals surface area contributed by atoms with Crippen LogP contribution in [-0.4, -0.2) is 46.2 Å². The molecule has 3 N–H and O–H groups in total. The first-order chi connectivity index (χ1) is 18.3. The summed E-state index contributed by atoms with van der Waals surface area (Å²) in [6, 6.07) is 1.13. The van der Waals surface area contributed by atoms with E-state index in [9.17, 15) is 38.6 Å². The van der Waals surface area contributed by atoms with Gasteiger partial charge >= 0.3 is 11.5 Å². The summed E-state index contributed by atoms with van der Waals surface area (Å²) in [5.74, 6) is -2.89. The molecule has 0 bridgehead atoms. The molecule has 39 heavy (non-hydrogen) atoms. The van der Waals surface area contributed by atoms with E-state index in [-0.39, 0.29) is 32.0 Å². The highest BCUT2D eigenvalue weighted by Crippen LogP contribution is 2.43. The summed E-state index contributed by atoms with van der Waals surface area (Å²) >= 11 is 0.695. The van der Waals surface area contributed by atoms with Gasteiger partial charge < -0.3 is 21.2 Å². The zero-order valence-corrected chi connectivity index (χ0v) is 21.3. The summed E-state index contributed by atoms with van der Waals surface area (Å²) in [4.78, 5) is 49.6. The number of hydrogen-bond acceptors (Lipinski definition) is 10. The largest absolute Gasteiger partial charge is 0.468 e. The molecule has 4 rings (SSSR count). The summed E-state index contributed by atoms with van der Waals surface area (Å²) < 4.78 is 29.8. The van der Waals surface area contributed by atoms with Crippen molar-refractivity contribution in [1.29, 1.82) is 0 Å². The highest BCUT2D eigenvalue weighted by molar-refractivity contribution is 7.21. The Morgan fingerprint density at radius 1 is 1.18 bits per heavy atom. The summed E-state index contributed by atoms with van der Waals surface area (Å²) in [5.41, 5.74) is 4.87. The minimum absolute atomic E-state index is 0.00269. The molecule has 18 heteroatoms. The number of fused-ring (bicyclic) bond motifs is 1. The average molecular weight is 564 g/mol. The molecule has 0 aliphatic carbocycles. The number of nitro groups is 2. The Labute approximate surface area is 220 Å². The lowest BCUT2D eigenvalue weighted by molar-refractivity contribution is -0.424. The third-order valence-electron chi connectivity index (χ3n) is 5.76. The van der Waals surface area contributed by atoms with Crippen LogP contribution < -0.4 is 11.1 Å². The number of nitrogens with one attached hydrogen (secondary N) is 1. The Bertz CT molecular complexity index is 1680. The third kappa shape index (κ3) is 4.88. The third-order valence-corrected chi connectivity index (χ3v) is 6.86. The maximum absolute atomic E-state index is 13.7. The Morgan fingerprint density at radius 2 is 1.87 bits per heavy atom. The van der Waals surface area contributed by atoms with Gasteiger partial charge in [-0.2, -0.15) is 9.78 Å². The summed E-state index contributed by atoms with van der Waals surface area (Å²) in [6.07, 6.45) is -1.32. The van der Waals surface area contributed by atoms with Crippen molar-refractivity contribution in [3.05, 3.63) is 54.5 Å². The number of carbonyl (C=O) groups excluding carboxylic acids is 2. The molecule has 0 aliphatic heterocycles. The number of nitrogens with zero attached hydrogens (tertiary/aromatic N) is 7. The SMILES string of the molecule is CCn1cc(-c2cc(C(F)F)nc3sc(C(N)=O)c(NC(=O)Cn4nc([N+](=O)[O-])c([N+](=O)[O-])c4C)c23)c(C)n1. The standard InChI is InChI=1S/C21H19F2N9O6S/c1-4-29-6-11(8(2)27-29)10-5-12(18(22)23)25-21-14(10)15(17(39-21)19(24)34)26-13(33)7-30-9(3)16(31(35)36)20(28-30)32(37)38/h5-6,18H,4,7H2,1-3H3,(H2,24,34)(H,26,33). The molecule has 15 nitrogen and oxygen atoms in total. The number of pyridine rings is 1. The van der Waals surface area contributed by atoms with E-state index < -0.39 is 51.8 Å². The number of alkyl halides is 2. The first-order valence-electron chi connectivity index (χ1n) is 11.1. The van der Waals surface area contributed by atoms with Crippen LogP contribution >= 0.6 is 11.3 Å². The smallest absolute Gasteiger partial charge is 0.365 e. The number of anilines is 1. The maximum atomic E-state index is 13.7. The van der Waals surface area contributed by atoms with Crippen LogP contribution in [-0.2, 0) is 17.9 Å². The molecule has 4 aromatic heterocycles. The number of aryl methyl sites for hydroxylation is 2. The first-order valence-corrected chi connectivity index (χ1v) is 11.9. The van der Waals surface area contributed by atoms with Crippen molar-refractivity contribution in [2.75, 3.05) is 5.32 Å². The van der Waals surface area contributed by atoms with Crippen LogP contribution in [0.15, 0.2) is 12.3 Å². The van der Waals surface area contributed by atoms with Gasteiger partial charge in [-0.05, 0) is 37.3 Å². The van der Waals surface area contributed by atoms with Gasteiger partial charge in [0, 0.05) is 23.7 Å². The fourth-order valence-corrected chi connectivity index (χ4v) is 5.02. The normalized spacial score (nSPS) is 11.3. The van der Waals surface area contributed by atoms with Crippen LogP contribution in [0.5, 0.6) is 0 Å². The van der Waals surface area contributed by atoms with Crippen LogP contribution in [0.4, 0.5) is 26.0 Å². The Hall–Kier alpha value is -4.87. The Balaban J connectivity index is 1.86. The number of hydrogen-bond donors (Lipinski definition) is 2. The van der Waals surface area contributed by atoms with Gasteiger partial charge in [-0.3, -0.25) is 24.4 Å². The second kappa shape index (κ2) is 10.1. The van der Waals surface area contributed by atoms with E-state index in [1.165, 1.54) is 6.92 Å². The second-order valence-electron chi connectivity index (χ2n) is 8.21. The molecular weight excluding hydrogens is 544 g/mol. The zero-order chi connectivity index (χ0) is 28.8. The van der Waals surface area contributed by atoms with E-state index in [1.807, 2.05) is 6.92 Å². The molecule has 0 fully saturated rings.